The molecule has 0 atom stereocenters. The quantitative estimate of drug-likeness (QED) is 0.150. The molecular weight excluding hydrogens is 348 g/mol. The van der Waals surface area contributed by atoms with Crippen LogP contribution in [0, 0.1) is 0 Å². The van der Waals surface area contributed by atoms with Gasteiger partial charge in [0.05, 0.1) is 0 Å². The van der Waals surface area contributed by atoms with E-state index in [1.54, 1.807) is 0 Å². The zero-order chi connectivity index (χ0) is 21.3. The predicted molar refractivity (Wildman–Crippen MR) is 135 cm³/mol. The lowest BCUT2D eigenvalue weighted by Crippen LogP contribution is -1.82. The highest BCUT2D eigenvalue weighted by atomic mass is 14.0. The molecule has 0 saturated heterocycles. The van der Waals surface area contributed by atoms with E-state index >= 15 is 0 Å². The molecule has 0 heterocycles. The average molecular weight is 397 g/mol. The molecule has 164 valence electrons. The van der Waals surface area contributed by atoms with Crippen LogP contribution < -0.4 is 0 Å². The first-order valence-electron chi connectivity index (χ1n) is 12.3. The van der Waals surface area contributed by atoms with Crippen molar-refractivity contribution in [1.29, 1.82) is 0 Å². The summed E-state index contributed by atoms with van der Waals surface area (Å²) in [6.07, 6.45) is 42.4. The summed E-state index contributed by atoms with van der Waals surface area (Å²) in [6, 6.07) is 0. The molecule has 0 aliphatic carbocycles. The summed E-state index contributed by atoms with van der Waals surface area (Å²) in [5.41, 5.74) is 1.50. The van der Waals surface area contributed by atoms with Crippen molar-refractivity contribution in [3.05, 3.63) is 72.4 Å². The Bertz CT molecular complexity index is 496. The normalized spacial score (nSPS) is 13.4. The van der Waals surface area contributed by atoms with Crippen LogP contribution in [0.2, 0.25) is 0 Å². The average Bonchev–Trinajstić information content (AvgIpc) is 2.72. The summed E-state index contributed by atoms with van der Waals surface area (Å²) in [5.74, 6) is 0. The molecule has 0 bridgehead atoms. The summed E-state index contributed by atoms with van der Waals surface area (Å²) in [5, 5.41) is 0. The van der Waals surface area contributed by atoms with Gasteiger partial charge in [0.1, 0.15) is 0 Å². The number of allylic oxidation sites excluding steroid dienone is 12. The van der Waals surface area contributed by atoms with E-state index in [0.717, 1.165) is 0 Å². The SMILES string of the molecule is CCCC/C=C/C=C/C=C/CCCCCCCC/C(C)=C/C=C/C=C/CCCC. The van der Waals surface area contributed by atoms with E-state index in [1.165, 1.54) is 95.5 Å². The second kappa shape index (κ2) is 24.5. The van der Waals surface area contributed by atoms with Crippen molar-refractivity contribution in [2.24, 2.45) is 0 Å². The first kappa shape index (κ1) is 27.4. The predicted octanol–water partition coefficient (Wildman–Crippen LogP) is 10.2. The molecule has 0 spiro atoms. The lowest BCUT2D eigenvalue weighted by Gasteiger charge is -2.01. The van der Waals surface area contributed by atoms with Crippen LogP contribution in [0.15, 0.2) is 72.4 Å². The molecule has 0 fully saturated rings. The van der Waals surface area contributed by atoms with Crippen LogP contribution in [0.3, 0.4) is 0 Å². The smallest absolute Gasteiger partial charge is 0.0320 e. The van der Waals surface area contributed by atoms with E-state index in [1.807, 2.05) is 0 Å². The van der Waals surface area contributed by atoms with E-state index < -0.39 is 0 Å². The zero-order valence-electron chi connectivity index (χ0n) is 19.8. The minimum Gasteiger partial charge on any atom is -0.0845 e. The van der Waals surface area contributed by atoms with Crippen LogP contribution in [0.25, 0.3) is 0 Å². The van der Waals surface area contributed by atoms with Crippen LogP contribution in [0.4, 0.5) is 0 Å². The van der Waals surface area contributed by atoms with Gasteiger partial charge in [-0.15, -0.1) is 0 Å². The van der Waals surface area contributed by atoms with Crippen molar-refractivity contribution >= 4 is 0 Å². The fraction of sp³-hybridized carbons (Fsp3) is 0.586. The van der Waals surface area contributed by atoms with E-state index in [0.29, 0.717) is 0 Å². The van der Waals surface area contributed by atoms with Crippen molar-refractivity contribution in [2.45, 2.75) is 111 Å². The second-order valence-electron chi connectivity index (χ2n) is 8.01. The molecule has 0 aromatic carbocycles. The van der Waals surface area contributed by atoms with Crippen LogP contribution >= 0.6 is 0 Å². The Kier molecular flexibility index (Phi) is 23.2. The number of rotatable bonds is 19. The van der Waals surface area contributed by atoms with Crippen molar-refractivity contribution in [2.75, 3.05) is 0 Å². The first-order valence-corrected chi connectivity index (χ1v) is 12.3. The van der Waals surface area contributed by atoms with Gasteiger partial charge in [-0.2, -0.15) is 0 Å². The molecule has 0 unspecified atom stereocenters. The Morgan fingerprint density at radius 2 is 0.931 bits per heavy atom. The van der Waals surface area contributed by atoms with Gasteiger partial charge in [-0.05, 0) is 45.4 Å². The number of hydrogen-bond donors (Lipinski definition) is 0. The minimum absolute atomic E-state index is 1.20. The Hall–Kier alpha value is -1.56. The maximum atomic E-state index is 2.30. The van der Waals surface area contributed by atoms with Crippen LogP contribution in [0.1, 0.15) is 111 Å². The Morgan fingerprint density at radius 3 is 1.48 bits per heavy atom. The van der Waals surface area contributed by atoms with E-state index in [2.05, 4.69) is 87.6 Å². The van der Waals surface area contributed by atoms with Crippen molar-refractivity contribution in [1.82, 2.24) is 0 Å². The molecule has 0 nitrogen and oxygen atoms in total. The summed E-state index contributed by atoms with van der Waals surface area (Å²) < 4.78 is 0. The highest BCUT2D eigenvalue weighted by Gasteiger charge is 1.92. The first-order chi connectivity index (χ1) is 14.3. The van der Waals surface area contributed by atoms with Crippen molar-refractivity contribution in [3.63, 3.8) is 0 Å². The van der Waals surface area contributed by atoms with Gasteiger partial charge in [-0.25, -0.2) is 0 Å². The fourth-order valence-electron chi connectivity index (χ4n) is 3.04. The topological polar surface area (TPSA) is 0 Å². The molecule has 0 aliphatic heterocycles. The molecule has 29 heavy (non-hydrogen) atoms. The number of unbranched alkanes of at least 4 members (excludes halogenated alkanes) is 10. The monoisotopic (exact) mass is 396 g/mol. The number of hydrogen-bond acceptors (Lipinski definition) is 0. The van der Waals surface area contributed by atoms with E-state index in [9.17, 15) is 0 Å². The molecule has 0 rings (SSSR count). The lowest BCUT2D eigenvalue weighted by atomic mass is 10.0. The molecule has 0 radical (unpaired) electrons. The summed E-state index contributed by atoms with van der Waals surface area (Å²) in [4.78, 5) is 0. The van der Waals surface area contributed by atoms with Gasteiger partial charge < -0.3 is 0 Å². The minimum atomic E-state index is 1.20. The summed E-state index contributed by atoms with van der Waals surface area (Å²) >= 11 is 0. The van der Waals surface area contributed by atoms with Gasteiger partial charge in [0, 0.05) is 0 Å². The molecular formula is C29H48. The Labute approximate surface area is 183 Å². The third-order valence-electron chi connectivity index (χ3n) is 4.99. The van der Waals surface area contributed by atoms with Gasteiger partial charge in [-0.3, -0.25) is 0 Å². The standard InChI is InChI=1S/C29H48/c1-4-6-8-10-12-13-14-15-16-17-18-19-20-22-24-26-28-29(3)27-25-23-21-11-9-7-5-2/h10-16,21,23,25,27H,4-9,17-20,22,24,26,28H2,1-3H3/b12-10+,14-13+,16-15+,21-11+,25-23+,29-27+. The van der Waals surface area contributed by atoms with Crippen LogP contribution in [0.5, 0.6) is 0 Å². The highest BCUT2D eigenvalue weighted by Crippen LogP contribution is 2.12. The van der Waals surface area contributed by atoms with Gasteiger partial charge in [0.15, 0.2) is 0 Å². The fourth-order valence-corrected chi connectivity index (χ4v) is 3.04. The van der Waals surface area contributed by atoms with Gasteiger partial charge in [0.25, 0.3) is 0 Å². The molecule has 0 aromatic heterocycles. The molecule has 0 amide bonds. The van der Waals surface area contributed by atoms with Crippen molar-refractivity contribution in [3.8, 4) is 0 Å². The Morgan fingerprint density at radius 1 is 0.483 bits per heavy atom. The zero-order valence-corrected chi connectivity index (χ0v) is 19.8. The summed E-state index contributed by atoms with van der Waals surface area (Å²) in [7, 11) is 0. The second-order valence-corrected chi connectivity index (χ2v) is 8.01. The largest absolute Gasteiger partial charge is 0.0845 e. The van der Waals surface area contributed by atoms with Gasteiger partial charge in [-0.1, -0.05) is 138 Å². The van der Waals surface area contributed by atoms with E-state index in [4.69, 9.17) is 0 Å². The summed E-state index contributed by atoms with van der Waals surface area (Å²) in [6.45, 7) is 6.73. The maximum Gasteiger partial charge on any atom is -0.0320 e. The maximum absolute atomic E-state index is 2.30. The third kappa shape index (κ3) is 24.4. The molecule has 0 aliphatic rings. The Balaban J connectivity index is 3.49. The molecule has 0 aromatic rings. The third-order valence-corrected chi connectivity index (χ3v) is 4.99. The van der Waals surface area contributed by atoms with Gasteiger partial charge in [0.2, 0.25) is 0 Å². The van der Waals surface area contributed by atoms with E-state index in [-0.39, 0.29) is 0 Å². The van der Waals surface area contributed by atoms with Crippen molar-refractivity contribution < 1.29 is 0 Å². The molecule has 0 saturated carbocycles. The van der Waals surface area contributed by atoms with Crippen LogP contribution in [-0.4, -0.2) is 0 Å². The van der Waals surface area contributed by atoms with Gasteiger partial charge >= 0.3 is 0 Å². The van der Waals surface area contributed by atoms with Crippen LogP contribution in [-0.2, 0) is 0 Å². The molecule has 0 heteroatoms. The molecule has 0 N–H and O–H groups in total. The lowest BCUT2D eigenvalue weighted by molar-refractivity contribution is 0.596. The highest BCUT2D eigenvalue weighted by molar-refractivity contribution is 5.15.